The summed E-state index contributed by atoms with van der Waals surface area (Å²) in [4.78, 5) is 36.6. The van der Waals surface area contributed by atoms with E-state index < -0.39 is 24.1 Å². The van der Waals surface area contributed by atoms with Crippen LogP contribution in [0.2, 0.25) is 5.02 Å². The van der Waals surface area contributed by atoms with Gasteiger partial charge in [0, 0.05) is 40.1 Å². The van der Waals surface area contributed by atoms with E-state index in [1.807, 2.05) is 25.1 Å². The molecular weight excluding hydrogens is 532 g/mol. The van der Waals surface area contributed by atoms with Crippen molar-refractivity contribution >= 4 is 35.3 Å². The van der Waals surface area contributed by atoms with Crippen LogP contribution in [0.4, 0.5) is 10.5 Å². The van der Waals surface area contributed by atoms with Crippen molar-refractivity contribution < 1.29 is 24.2 Å². The van der Waals surface area contributed by atoms with Crippen LogP contribution < -0.4 is 10.6 Å². The van der Waals surface area contributed by atoms with E-state index in [1.54, 1.807) is 79.3 Å². The molecule has 0 aliphatic carbocycles. The van der Waals surface area contributed by atoms with E-state index in [9.17, 15) is 19.5 Å². The molecule has 0 aliphatic heterocycles. The highest BCUT2D eigenvalue weighted by Crippen LogP contribution is 2.26. The summed E-state index contributed by atoms with van der Waals surface area (Å²) in [5, 5.41) is 20.0. The molecule has 0 bridgehead atoms. The SMILES string of the molecule is Cc1nn(-c2ccc(C(=O)Nc3ccccc3C(C)C(=O)O)cc2)cc1CNC(=O)OC(C)c1ccccc1Cl. The number of nitrogens with one attached hydrogen (secondary N) is 2. The van der Waals surface area contributed by atoms with Gasteiger partial charge in [-0.2, -0.15) is 5.10 Å². The van der Waals surface area contributed by atoms with E-state index in [1.165, 1.54) is 0 Å². The molecule has 10 heteroatoms. The molecule has 1 heterocycles. The summed E-state index contributed by atoms with van der Waals surface area (Å²) in [6, 6.07) is 20.9. The van der Waals surface area contributed by atoms with Gasteiger partial charge < -0.3 is 20.5 Å². The molecule has 1 aromatic heterocycles. The Bertz CT molecular complexity index is 1530. The third-order valence-corrected chi connectivity index (χ3v) is 6.83. The Hall–Kier alpha value is -4.63. The number of carboxylic acid groups (broad SMARTS) is 1. The zero-order valence-electron chi connectivity index (χ0n) is 22.2. The van der Waals surface area contributed by atoms with Crippen molar-refractivity contribution in [2.75, 3.05) is 5.32 Å². The van der Waals surface area contributed by atoms with Crippen molar-refractivity contribution in [3.63, 3.8) is 0 Å². The quantitative estimate of drug-likeness (QED) is 0.222. The third kappa shape index (κ3) is 6.68. The first kappa shape index (κ1) is 28.4. The second-order valence-electron chi connectivity index (χ2n) is 9.26. The molecule has 0 saturated heterocycles. The van der Waals surface area contributed by atoms with Crippen LogP contribution in [0.3, 0.4) is 0 Å². The van der Waals surface area contributed by atoms with Crippen molar-refractivity contribution in [1.82, 2.24) is 15.1 Å². The summed E-state index contributed by atoms with van der Waals surface area (Å²) in [5.41, 5.74) is 4.35. The molecule has 3 N–H and O–H groups in total. The number of aryl methyl sites for hydroxylation is 1. The maximum Gasteiger partial charge on any atom is 0.408 e. The number of amides is 2. The number of ether oxygens (including phenoxy) is 1. The molecule has 2 amide bonds. The smallest absolute Gasteiger partial charge is 0.408 e. The number of nitrogens with zero attached hydrogens (tertiary/aromatic N) is 2. The number of para-hydroxylation sites is 1. The Kier molecular flexibility index (Phi) is 8.86. The number of aromatic nitrogens is 2. The second kappa shape index (κ2) is 12.5. The summed E-state index contributed by atoms with van der Waals surface area (Å²) in [7, 11) is 0. The van der Waals surface area contributed by atoms with Crippen LogP contribution in [0.1, 0.15) is 58.6 Å². The summed E-state index contributed by atoms with van der Waals surface area (Å²) in [5.74, 6) is -2.10. The predicted octanol–water partition coefficient (Wildman–Crippen LogP) is 6.26. The van der Waals surface area contributed by atoms with Gasteiger partial charge in [0.25, 0.3) is 5.91 Å². The molecule has 9 nitrogen and oxygen atoms in total. The zero-order valence-corrected chi connectivity index (χ0v) is 23.0. The molecule has 2 atom stereocenters. The standard InChI is InChI=1S/C30H29ClN4O5/c1-18(29(37)38)24-8-5-7-11-27(24)33-28(36)21-12-14-23(15-13-21)35-17-22(19(2)34-35)16-32-30(39)40-20(3)25-9-4-6-10-26(25)31/h4-15,17-18,20H,16H2,1-3H3,(H,32,39)(H,33,36)(H,37,38). The van der Waals surface area contributed by atoms with Crippen LogP contribution in [0, 0.1) is 6.92 Å². The van der Waals surface area contributed by atoms with E-state index in [4.69, 9.17) is 16.3 Å². The lowest BCUT2D eigenvalue weighted by Gasteiger charge is -2.15. The average Bonchev–Trinajstić information content (AvgIpc) is 3.32. The number of alkyl carbamates (subject to hydrolysis) is 1. The van der Waals surface area contributed by atoms with E-state index in [2.05, 4.69) is 15.7 Å². The first-order valence-electron chi connectivity index (χ1n) is 12.6. The van der Waals surface area contributed by atoms with Gasteiger partial charge in [-0.05, 0) is 62.7 Å². The van der Waals surface area contributed by atoms with Crippen LogP contribution in [0.25, 0.3) is 5.69 Å². The number of hydrogen-bond donors (Lipinski definition) is 3. The largest absolute Gasteiger partial charge is 0.481 e. The predicted molar refractivity (Wildman–Crippen MR) is 152 cm³/mol. The van der Waals surface area contributed by atoms with Crippen LogP contribution in [0.5, 0.6) is 0 Å². The Morgan fingerprint density at radius 1 is 0.975 bits per heavy atom. The van der Waals surface area contributed by atoms with Gasteiger partial charge in [-0.3, -0.25) is 9.59 Å². The average molecular weight is 561 g/mol. The first-order valence-corrected chi connectivity index (χ1v) is 13.0. The van der Waals surface area contributed by atoms with Crippen molar-refractivity contribution in [2.24, 2.45) is 0 Å². The van der Waals surface area contributed by atoms with E-state index in [0.29, 0.717) is 21.8 Å². The zero-order chi connectivity index (χ0) is 28.8. The lowest BCUT2D eigenvalue weighted by Crippen LogP contribution is -2.25. The van der Waals surface area contributed by atoms with E-state index in [0.717, 1.165) is 22.5 Å². The van der Waals surface area contributed by atoms with Gasteiger partial charge in [-0.25, -0.2) is 9.48 Å². The lowest BCUT2D eigenvalue weighted by molar-refractivity contribution is -0.138. The van der Waals surface area contributed by atoms with E-state index >= 15 is 0 Å². The number of aliphatic carboxylic acids is 1. The first-order chi connectivity index (χ1) is 19.1. The highest BCUT2D eigenvalue weighted by atomic mass is 35.5. The molecule has 0 saturated carbocycles. The summed E-state index contributed by atoms with van der Waals surface area (Å²) in [6.07, 6.45) is 0.711. The Morgan fingerprint density at radius 2 is 1.62 bits per heavy atom. The molecule has 3 aromatic carbocycles. The Balaban J connectivity index is 1.38. The van der Waals surface area contributed by atoms with Crippen LogP contribution in [-0.2, 0) is 16.1 Å². The summed E-state index contributed by atoms with van der Waals surface area (Å²) < 4.78 is 7.11. The van der Waals surface area contributed by atoms with Crippen molar-refractivity contribution in [3.05, 3.63) is 112 Å². The fraction of sp³-hybridized carbons (Fsp3) is 0.200. The van der Waals surface area contributed by atoms with Gasteiger partial charge in [0.05, 0.1) is 17.3 Å². The Labute approximate surface area is 236 Å². The molecule has 0 radical (unpaired) electrons. The Morgan fingerprint density at radius 3 is 2.30 bits per heavy atom. The minimum atomic E-state index is -0.973. The number of carbonyl (C=O) groups excluding carboxylic acids is 2. The van der Waals surface area contributed by atoms with Gasteiger partial charge in [-0.15, -0.1) is 0 Å². The summed E-state index contributed by atoms with van der Waals surface area (Å²) >= 11 is 6.18. The molecule has 2 unspecified atom stereocenters. The third-order valence-electron chi connectivity index (χ3n) is 6.49. The van der Waals surface area contributed by atoms with Gasteiger partial charge in [0.1, 0.15) is 6.10 Å². The summed E-state index contributed by atoms with van der Waals surface area (Å²) in [6.45, 7) is 5.38. The number of halogens is 1. The van der Waals surface area contributed by atoms with E-state index in [-0.39, 0.29) is 12.5 Å². The monoisotopic (exact) mass is 560 g/mol. The van der Waals surface area contributed by atoms with Gasteiger partial charge in [-0.1, -0.05) is 48.0 Å². The minimum Gasteiger partial charge on any atom is -0.481 e. The molecule has 4 aromatic rings. The number of carboxylic acids is 1. The fourth-order valence-corrected chi connectivity index (χ4v) is 4.41. The van der Waals surface area contributed by atoms with Crippen molar-refractivity contribution in [2.45, 2.75) is 39.3 Å². The number of rotatable bonds is 9. The minimum absolute atomic E-state index is 0.217. The van der Waals surface area contributed by atoms with Crippen molar-refractivity contribution in [1.29, 1.82) is 0 Å². The number of benzene rings is 3. The fourth-order valence-electron chi connectivity index (χ4n) is 4.12. The van der Waals surface area contributed by atoms with Crippen LogP contribution in [0.15, 0.2) is 79.0 Å². The maximum absolute atomic E-state index is 12.9. The molecule has 0 fully saturated rings. The maximum atomic E-state index is 12.9. The number of hydrogen-bond acceptors (Lipinski definition) is 5. The number of anilines is 1. The molecule has 0 aliphatic rings. The molecule has 40 heavy (non-hydrogen) atoms. The van der Waals surface area contributed by atoms with Gasteiger partial charge in [0.15, 0.2) is 0 Å². The number of carbonyl (C=O) groups is 3. The second-order valence-corrected chi connectivity index (χ2v) is 9.66. The lowest BCUT2D eigenvalue weighted by atomic mass is 9.99. The van der Waals surface area contributed by atoms with Crippen molar-refractivity contribution in [3.8, 4) is 5.69 Å². The molecular formula is C30H29ClN4O5. The van der Waals surface area contributed by atoms with Crippen LogP contribution in [-0.4, -0.2) is 32.9 Å². The molecule has 4 rings (SSSR count). The topological polar surface area (TPSA) is 123 Å². The van der Waals surface area contributed by atoms with Crippen LogP contribution >= 0.6 is 11.6 Å². The van der Waals surface area contributed by atoms with Gasteiger partial charge >= 0.3 is 12.1 Å². The normalized spacial score (nSPS) is 12.3. The van der Waals surface area contributed by atoms with Gasteiger partial charge in [0.2, 0.25) is 0 Å². The molecule has 206 valence electrons. The highest BCUT2D eigenvalue weighted by molar-refractivity contribution is 6.31. The highest BCUT2D eigenvalue weighted by Gasteiger charge is 2.19. The molecule has 0 spiro atoms.